The Kier molecular flexibility index (Phi) is 4.67. The first-order valence-electron chi connectivity index (χ1n) is 8.36. The minimum Gasteiger partial charge on any atom is -0.449 e. The van der Waals surface area contributed by atoms with Crippen LogP contribution in [0, 0.1) is 13.8 Å². The molecule has 0 unspecified atom stereocenters. The highest BCUT2D eigenvalue weighted by Crippen LogP contribution is 2.33. The molecule has 0 fully saturated rings. The minimum absolute atomic E-state index is 0.277. The fourth-order valence-corrected chi connectivity index (χ4v) is 4.42. The smallest absolute Gasteiger partial charge is 0.342 e. The number of hydrogen-bond donors (Lipinski definition) is 0. The van der Waals surface area contributed by atoms with E-state index in [2.05, 4.69) is 10.2 Å². The lowest BCUT2D eigenvalue weighted by Gasteiger charge is -2.11. The van der Waals surface area contributed by atoms with Crippen molar-refractivity contribution in [3.05, 3.63) is 63.9 Å². The number of aromatic nitrogens is 3. The lowest BCUT2D eigenvalue weighted by Crippen LogP contribution is -2.12. The van der Waals surface area contributed by atoms with Gasteiger partial charge in [-0.05, 0) is 49.9 Å². The molecular formula is C19H17N3O3S2. The van der Waals surface area contributed by atoms with Crippen LogP contribution in [0.15, 0.2) is 46.5 Å². The Morgan fingerprint density at radius 1 is 1.22 bits per heavy atom. The third kappa shape index (κ3) is 3.33. The molecule has 0 amide bonds. The van der Waals surface area contributed by atoms with Crippen molar-refractivity contribution in [1.82, 2.24) is 14.8 Å². The second-order valence-electron chi connectivity index (χ2n) is 6.02. The van der Waals surface area contributed by atoms with Gasteiger partial charge in [0.1, 0.15) is 5.00 Å². The molecule has 27 heavy (non-hydrogen) atoms. The highest BCUT2D eigenvalue weighted by atomic mass is 32.1. The van der Waals surface area contributed by atoms with Gasteiger partial charge in [-0.1, -0.05) is 6.07 Å². The van der Waals surface area contributed by atoms with E-state index in [0.29, 0.717) is 11.5 Å². The quantitative estimate of drug-likeness (QED) is 0.432. The molecule has 0 aromatic carbocycles. The summed E-state index contributed by atoms with van der Waals surface area (Å²) in [6, 6.07) is 7.66. The molecule has 0 bridgehead atoms. The number of hydrogen-bond acceptors (Lipinski definition) is 7. The van der Waals surface area contributed by atoms with Gasteiger partial charge >= 0.3 is 5.97 Å². The van der Waals surface area contributed by atoms with Crippen molar-refractivity contribution >= 4 is 28.6 Å². The number of ether oxygens (including phenoxy) is 1. The monoisotopic (exact) mass is 399 g/mol. The van der Waals surface area contributed by atoms with Gasteiger partial charge in [0, 0.05) is 17.3 Å². The number of carbonyl (C=O) groups is 1. The zero-order valence-corrected chi connectivity index (χ0v) is 16.6. The number of nitrogens with zero attached hydrogens (tertiary/aromatic N) is 3. The summed E-state index contributed by atoms with van der Waals surface area (Å²) in [5, 5.41) is 10.9. The second kappa shape index (κ2) is 7.13. The van der Waals surface area contributed by atoms with Gasteiger partial charge in [-0.2, -0.15) is 0 Å². The van der Waals surface area contributed by atoms with Crippen LogP contribution in [0.1, 0.15) is 39.7 Å². The van der Waals surface area contributed by atoms with Gasteiger partial charge in [0.15, 0.2) is 6.10 Å². The highest BCUT2D eigenvalue weighted by molar-refractivity contribution is 7.15. The van der Waals surface area contributed by atoms with E-state index in [9.17, 15) is 4.79 Å². The zero-order valence-electron chi connectivity index (χ0n) is 15.0. The van der Waals surface area contributed by atoms with Gasteiger partial charge in [0.05, 0.1) is 10.4 Å². The van der Waals surface area contributed by atoms with Crippen LogP contribution in [-0.2, 0) is 4.74 Å². The molecule has 0 aliphatic carbocycles. The average Bonchev–Trinajstić information content (AvgIpc) is 3.43. The van der Waals surface area contributed by atoms with Crippen molar-refractivity contribution in [1.29, 1.82) is 0 Å². The van der Waals surface area contributed by atoms with Crippen molar-refractivity contribution in [2.24, 2.45) is 0 Å². The van der Waals surface area contributed by atoms with Gasteiger partial charge in [-0.25, -0.2) is 4.79 Å². The van der Waals surface area contributed by atoms with Crippen molar-refractivity contribution in [2.75, 3.05) is 0 Å². The van der Waals surface area contributed by atoms with Gasteiger partial charge in [0.2, 0.25) is 0 Å². The zero-order chi connectivity index (χ0) is 19.0. The Labute approximate surface area is 164 Å². The molecule has 0 saturated heterocycles. The molecule has 0 saturated carbocycles. The first-order valence-corrected chi connectivity index (χ1v) is 10.1. The maximum Gasteiger partial charge on any atom is 0.342 e. The number of rotatable bonds is 5. The highest BCUT2D eigenvalue weighted by Gasteiger charge is 2.26. The van der Waals surface area contributed by atoms with Crippen molar-refractivity contribution in [3.63, 3.8) is 0 Å². The Morgan fingerprint density at radius 3 is 2.70 bits per heavy atom. The SMILES string of the molecule is Cc1sc(-n2cccc2)c(C(=O)O[C@@H](C)c2nnc(-c3cccs3)o2)c1C. The number of carbonyl (C=O) groups excluding carboxylic acids is 1. The summed E-state index contributed by atoms with van der Waals surface area (Å²) in [6.45, 7) is 5.66. The average molecular weight is 399 g/mol. The van der Waals surface area contributed by atoms with Crippen molar-refractivity contribution in [3.8, 4) is 15.8 Å². The van der Waals surface area contributed by atoms with E-state index in [1.807, 2.05) is 60.5 Å². The first kappa shape index (κ1) is 17.7. The normalized spacial score (nSPS) is 12.3. The van der Waals surface area contributed by atoms with Crippen LogP contribution >= 0.6 is 22.7 Å². The van der Waals surface area contributed by atoms with E-state index in [0.717, 1.165) is 20.3 Å². The molecule has 4 aromatic heterocycles. The molecule has 0 aliphatic heterocycles. The molecule has 4 heterocycles. The lowest BCUT2D eigenvalue weighted by atomic mass is 10.1. The van der Waals surface area contributed by atoms with Gasteiger partial charge in [-0.15, -0.1) is 32.9 Å². The predicted octanol–water partition coefficient (Wildman–Crippen LogP) is 5.19. The summed E-state index contributed by atoms with van der Waals surface area (Å²) in [6.07, 6.45) is 3.18. The molecular weight excluding hydrogens is 382 g/mol. The number of thiophene rings is 2. The molecule has 8 heteroatoms. The summed E-state index contributed by atoms with van der Waals surface area (Å²) in [5.74, 6) is 0.307. The van der Waals surface area contributed by atoms with Crippen molar-refractivity contribution in [2.45, 2.75) is 26.9 Å². The van der Waals surface area contributed by atoms with E-state index in [1.165, 1.54) is 11.3 Å². The van der Waals surface area contributed by atoms with Crippen LogP contribution in [0.3, 0.4) is 0 Å². The van der Waals surface area contributed by atoms with Gasteiger partial charge in [-0.3, -0.25) is 0 Å². The maximum atomic E-state index is 12.9. The Bertz CT molecular complexity index is 1060. The molecule has 6 nitrogen and oxygen atoms in total. The number of aryl methyl sites for hydroxylation is 1. The van der Waals surface area contributed by atoms with Crippen LogP contribution in [0.2, 0.25) is 0 Å². The fraction of sp³-hybridized carbons (Fsp3) is 0.211. The van der Waals surface area contributed by atoms with E-state index < -0.39 is 12.1 Å². The molecule has 4 rings (SSSR count). The Morgan fingerprint density at radius 2 is 2.00 bits per heavy atom. The summed E-state index contributed by atoms with van der Waals surface area (Å²) in [5.41, 5.74) is 1.49. The predicted molar refractivity (Wildman–Crippen MR) is 105 cm³/mol. The van der Waals surface area contributed by atoms with E-state index in [1.54, 1.807) is 18.3 Å². The van der Waals surface area contributed by atoms with Gasteiger partial charge < -0.3 is 13.7 Å². The van der Waals surface area contributed by atoms with Crippen molar-refractivity contribution < 1.29 is 13.9 Å². The van der Waals surface area contributed by atoms with Crippen LogP contribution in [-0.4, -0.2) is 20.7 Å². The third-order valence-corrected chi connectivity index (χ3v) is 6.29. The largest absolute Gasteiger partial charge is 0.449 e. The molecule has 138 valence electrons. The maximum absolute atomic E-state index is 12.9. The first-order chi connectivity index (χ1) is 13.0. The van der Waals surface area contributed by atoms with Gasteiger partial charge in [0.25, 0.3) is 11.8 Å². The molecule has 0 aliphatic rings. The minimum atomic E-state index is -0.643. The molecule has 1 atom stereocenters. The molecule has 4 aromatic rings. The van der Waals surface area contributed by atoms with Crippen LogP contribution < -0.4 is 0 Å². The van der Waals surface area contributed by atoms with Crippen LogP contribution in [0.4, 0.5) is 0 Å². The van der Waals surface area contributed by atoms with Crippen LogP contribution in [0.25, 0.3) is 15.8 Å². The fourth-order valence-electron chi connectivity index (χ4n) is 2.67. The summed E-state index contributed by atoms with van der Waals surface area (Å²) < 4.78 is 13.2. The standard InChI is InChI=1S/C19H17N3O3S2/c1-11-13(3)27-18(22-8-4-5-9-22)15(11)19(23)24-12(2)16-20-21-17(25-16)14-7-6-10-26-14/h4-10,12H,1-3H3/t12-/m0/s1. The number of esters is 1. The summed E-state index contributed by atoms with van der Waals surface area (Å²) in [4.78, 5) is 14.9. The Hall–Kier alpha value is -2.71. The van der Waals surface area contributed by atoms with E-state index >= 15 is 0 Å². The molecule has 0 spiro atoms. The summed E-state index contributed by atoms with van der Waals surface area (Å²) >= 11 is 3.08. The lowest BCUT2D eigenvalue weighted by molar-refractivity contribution is 0.0279. The van der Waals surface area contributed by atoms with E-state index in [4.69, 9.17) is 9.15 Å². The molecule has 0 radical (unpaired) electrons. The second-order valence-corrected chi connectivity index (χ2v) is 8.17. The molecule has 0 N–H and O–H groups in total. The van der Waals surface area contributed by atoms with E-state index in [-0.39, 0.29) is 5.89 Å². The third-order valence-electron chi connectivity index (χ3n) is 4.21. The van der Waals surface area contributed by atoms with Crippen LogP contribution in [0.5, 0.6) is 0 Å². The summed E-state index contributed by atoms with van der Waals surface area (Å²) in [7, 11) is 0. The topological polar surface area (TPSA) is 70.2 Å². The Balaban J connectivity index is 1.58.